The molecule has 3 rings (SSSR count). The third-order valence-electron chi connectivity index (χ3n) is 6.00. The van der Waals surface area contributed by atoms with Crippen molar-refractivity contribution in [1.82, 2.24) is 14.8 Å². The van der Waals surface area contributed by atoms with E-state index in [2.05, 4.69) is 23.7 Å². The number of amides is 1. The monoisotopic (exact) mass is 345 g/mol. The Morgan fingerprint density at radius 1 is 1.36 bits per heavy atom. The third-order valence-corrected chi connectivity index (χ3v) is 6.00. The van der Waals surface area contributed by atoms with Crippen molar-refractivity contribution in [3.8, 4) is 5.75 Å². The van der Waals surface area contributed by atoms with Crippen molar-refractivity contribution in [2.75, 3.05) is 27.2 Å². The van der Waals surface area contributed by atoms with E-state index in [1.165, 1.54) is 0 Å². The molecule has 25 heavy (non-hydrogen) atoms. The topological polar surface area (TPSA) is 45.7 Å². The lowest BCUT2D eigenvalue weighted by Gasteiger charge is -2.37. The maximum absolute atomic E-state index is 12.4. The van der Waals surface area contributed by atoms with Crippen molar-refractivity contribution in [2.24, 2.45) is 11.8 Å². The number of carbonyl (C=O) groups is 1. The van der Waals surface area contributed by atoms with Gasteiger partial charge < -0.3 is 9.64 Å². The molecule has 0 radical (unpaired) electrons. The third kappa shape index (κ3) is 3.81. The lowest BCUT2D eigenvalue weighted by Crippen LogP contribution is -2.46. The molecule has 2 fully saturated rings. The number of pyridine rings is 1. The fourth-order valence-corrected chi connectivity index (χ4v) is 4.01. The second-order valence-corrected chi connectivity index (χ2v) is 7.82. The molecule has 0 N–H and O–H groups in total. The minimum absolute atomic E-state index is 0.287. The van der Waals surface area contributed by atoms with Crippen LogP contribution in [0, 0.1) is 25.7 Å². The largest absolute Gasteiger partial charge is 0.496 e. The van der Waals surface area contributed by atoms with E-state index in [1.807, 2.05) is 25.1 Å². The van der Waals surface area contributed by atoms with E-state index in [-0.39, 0.29) is 5.92 Å². The summed E-state index contributed by atoms with van der Waals surface area (Å²) in [6.07, 6.45) is 5.07. The zero-order chi connectivity index (χ0) is 18.1. The van der Waals surface area contributed by atoms with Gasteiger partial charge in [0, 0.05) is 56.0 Å². The quantitative estimate of drug-likeness (QED) is 0.823. The Labute approximate surface area is 151 Å². The average molecular weight is 345 g/mol. The van der Waals surface area contributed by atoms with Crippen LogP contribution in [0.3, 0.4) is 0 Å². The van der Waals surface area contributed by atoms with Crippen LogP contribution in [-0.2, 0) is 11.3 Å². The first-order chi connectivity index (χ1) is 11.9. The highest BCUT2D eigenvalue weighted by Crippen LogP contribution is 2.39. The molecule has 138 valence electrons. The zero-order valence-corrected chi connectivity index (χ0v) is 16.2. The molecular formula is C20H31N3O2. The molecule has 1 aliphatic carbocycles. The summed E-state index contributed by atoms with van der Waals surface area (Å²) in [6, 6.07) is 0.387. The molecule has 1 saturated heterocycles. The molecule has 0 bridgehead atoms. The van der Waals surface area contributed by atoms with Gasteiger partial charge in [0.25, 0.3) is 0 Å². The molecule has 1 aliphatic heterocycles. The predicted octanol–water partition coefficient (Wildman–Crippen LogP) is 2.79. The van der Waals surface area contributed by atoms with Crippen molar-refractivity contribution in [3.05, 3.63) is 23.0 Å². The predicted molar refractivity (Wildman–Crippen MR) is 98.6 cm³/mol. The molecule has 0 unspecified atom stereocenters. The van der Waals surface area contributed by atoms with Crippen LogP contribution in [0.5, 0.6) is 5.75 Å². The molecule has 0 aromatic carbocycles. The van der Waals surface area contributed by atoms with Crippen LogP contribution in [0.25, 0.3) is 0 Å². The van der Waals surface area contributed by atoms with E-state index in [9.17, 15) is 4.79 Å². The minimum atomic E-state index is 0.287. The molecule has 5 nitrogen and oxygen atoms in total. The van der Waals surface area contributed by atoms with E-state index in [0.29, 0.717) is 17.9 Å². The minimum Gasteiger partial charge on any atom is -0.496 e. The number of hydrogen-bond acceptors (Lipinski definition) is 4. The van der Waals surface area contributed by atoms with Crippen LogP contribution in [-0.4, -0.2) is 54.0 Å². The Morgan fingerprint density at radius 3 is 2.56 bits per heavy atom. The van der Waals surface area contributed by atoms with Gasteiger partial charge >= 0.3 is 0 Å². The van der Waals surface area contributed by atoms with Gasteiger partial charge in [0.2, 0.25) is 5.91 Å². The lowest BCUT2D eigenvalue weighted by molar-refractivity contribution is -0.134. The van der Waals surface area contributed by atoms with Gasteiger partial charge in [-0.1, -0.05) is 6.92 Å². The highest BCUT2D eigenvalue weighted by molar-refractivity contribution is 5.81. The number of carbonyl (C=O) groups excluding carboxylic acids is 1. The molecule has 2 atom stereocenters. The number of piperidine rings is 1. The number of rotatable bonds is 5. The van der Waals surface area contributed by atoms with Gasteiger partial charge in [-0.3, -0.25) is 14.7 Å². The van der Waals surface area contributed by atoms with E-state index in [0.717, 1.165) is 61.5 Å². The number of aromatic nitrogens is 1. The molecule has 2 aliphatic rings. The van der Waals surface area contributed by atoms with Crippen LogP contribution in [0.4, 0.5) is 0 Å². The van der Waals surface area contributed by atoms with Gasteiger partial charge in [-0.25, -0.2) is 0 Å². The maximum Gasteiger partial charge on any atom is 0.225 e. The highest BCUT2D eigenvalue weighted by Gasteiger charge is 2.42. The van der Waals surface area contributed by atoms with Gasteiger partial charge in [0.05, 0.1) is 12.8 Å². The van der Waals surface area contributed by atoms with Gasteiger partial charge in [-0.05, 0) is 39.0 Å². The van der Waals surface area contributed by atoms with Crippen molar-refractivity contribution in [3.63, 3.8) is 0 Å². The van der Waals surface area contributed by atoms with Gasteiger partial charge in [0.15, 0.2) is 0 Å². The van der Waals surface area contributed by atoms with E-state index >= 15 is 0 Å². The first-order valence-electron chi connectivity index (χ1n) is 9.40. The number of methoxy groups -OCH3 is 1. The molecule has 2 heterocycles. The highest BCUT2D eigenvalue weighted by atomic mass is 16.5. The van der Waals surface area contributed by atoms with Crippen molar-refractivity contribution in [1.29, 1.82) is 0 Å². The zero-order valence-electron chi connectivity index (χ0n) is 16.2. The summed E-state index contributed by atoms with van der Waals surface area (Å²) >= 11 is 0. The first-order valence-corrected chi connectivity index (χ1v) is 9.40. The van der Waals surface area contributed by atoms with Gasteiger partial charge in [-0.15, -0.1) is 0 Å². The Hall–Kier alpha value is -1.62. The lowest BCUT2D eigenvalue weighted by atomic mass is 10.0. The number of hydrogen-bond donors (Lipinski definition) is 0. The Kier molecular flexibility index (Phi) is 5.32. The number of likely N-dealkylation sites (tertiary alicyclic amines) is 1. The summed E-state index contributed by atoms with van der Waals surface area (Å²) in [7, 11) is 3.71. The number of ether oxygens (including phenoxy) is 1. The molecule has 5 heteroatoms. The summed E-state index contributed by atoms with van der Waals surface area (Å²) in [5.41, 5.74) is 3.31. The van der Waals surface area contributed by atoms with E-state index in [4.69, 9.17) is 4.74 Å². The second kappa shape index (κ2) is 7.32. The second-order valence-electron chi connectivity index (χ2n) is 7.82. The molecule has 1 aromatic rings. The van der Waals surface area contributed by atoms with Crippen molar-refractivity contribution >= 4 is 5.91 Å². The summed E-state index contributed by atoms with van der Waals surface area (Å²) in [5.74, 6) is 2.17. The van der Waals surface area contributed by atoms with Gasteiger partial charge in [-0.2, -0.15) is 0 Å². The first kappa shape index (κ1) is 18.2. The summed E-state index contributed by atoms with van der Waals surface area (Å²) < 4.78 is 5.51. The van der Waals surface area contributed by atoms with E-state index < -0.39 is 0 Å². The standard InChI is InChI=1S/C20H31N3O2/c1-13-10-17(13)20(24)22(4)16-6-8-23(9-7-16)12-18-15(3)19(25-5)14(2)11-21-18/h11,13,16-17H,6-10,12H2,1-5H3/t13-,17+/m0/s1. The fraction of sp³-hybridized carbons (Fsp3) is 0.700. The summed E-state index contributed by atoms with van der Waals surface area (Å²) in [6.45, 7) is 9.17. The molecular weight excluding hydrogens is 314 g/mol. The van der Waals surface area contributed by atoms with Crippen LogP contribution < -0.4 is 4.74 Å². The maximum atomic E-state index is 12.4. The summed E-state index contributed by atoms with van der Waals surface area (Å²) in [4.78, 5) is 21.5. The Bertz CT molecular complexity index is 638. The van der Waals surface area contributed by atoms with Gasteiger partial charge in [0.1, 0.15) is 5.75 Å². The molecule has 1 aromatic heterocycles. The SMILES string of the molecule is COc1c(C)cnc(CN2CCC(N(C)C(=O)[C@@H]3C[C@@H]3C)CC2)c1C. The number of nitrogens with zero attached hydrogens (tertiary/aromatic N) is 3. The van der Waals surface area contributed by atoms with E-state index in [1.54, 1.807) is 7.11 Å². The summed E-state index contributed by atoms with van der Waals surface area (Å²) in [5, 5.41) is 0. The van der Waals surface area contributed by atoms with Crippen LogP contribution >= 0.6 is 0 Å². The number of aryl methyl sites for hydroxylation is 1. The smallest absolute Gasteiger partial charge is 0.225 e. The van der Waals surface area contributed by atoms with Crippen LogP contribution in [0.15, 0.2) is 6.20 Å². The van der Waals surface area contributed by atoms with Crippen LogP contribution in [0.1, 0.15) is 43.0 Å². The van der Waals surface area contributed by atoms with Crippen molar-refractivity contribution in [2.45, 2.75) is 52.6 Å². The van der Waals surface area contributed by atoms with Crippen molar-refractivity contribution < 1.29 is 9.53 Å². The average Bonchev–Trinajstić information content (AvgIpc) is 3.34. The fourth-order valence-electron chi connectivity index (χ4n) is 4.01. The Morgan fingerprint density at radius 2 is 2.00 bits per heavy atom. The normalized spacial score (nSPS) is 24.2. The molecule has 0 spiro atoms. The molecule has 1 saturated carbocycles. The molecule has 1 amide bonds. The Balaban J connectivity index is 1.55. The van der Waals surface area contributed by atoms with Crippen LogP contribution in [0.2, 0.25) is 0 Å².